The van der Waals surface area contributed by atoms with Crippen molar-refractivity contribution < 1.29 is 5.11 Å². The fourth-order valence-corrected chi connectivity index (χ4v) is 2.04. The lowest BCUT2D eigenvalue weighted by atomic mass is 9.90. The highest BCUT2D eigenvalue weighted by molar-refractivity contribution is 5.79. The molecule has 0 bridgehead atoms. The number of benzene rings is 1. The molecule has 0 saturated heterocycles. The Balaban J connectivity index is 2.46. The zero-order valence-corrected chi connectivity index (χ0v) is 9.77. The Morgan fingerprint density at radius 2 is 2.12 bits per heavy atom. The molecular formula is C14H17NO. The molecule has 1 N–H and O–H groups in total. The molecule has 0 saturated carbocycles. The maximum Gasteiger partial charge on any atom is 0.0868 e. The molecule has 1 atom stereocenters. The van der Waals surface area contributed by atoms with Crippen LogP contribution in [0.5, 0.6) is 0 Å². The lowest BCUT2D eigenvalue weighted by Crippen LogP contribution is -2.20. The molecular weight excluding hydrogens is 198 g/mol. The van der Waals surface area contributed by atoms with Gasteiger partial charge in [0.15, 0.2) is 0 Å². The third-order valence-electron chi connectivity index (χ3n) is 2.96. The fourth-order valence-electron chi connectivity index (χ4n) is 2.04. The molecule has 2 aromatic rings. The van der Waals surface area contributed by atoms with E-state index in [1.54, 1.807) is 6.20 Å². The van der Waals surface area contributed by atoms with E-state index < -0.39 is 5.60 Å². The Morgan fingerprint density at radius 1 is 1.31 bits per heavy atom. The van der Waals surface area contributed by atoms with Crippen LogP contribution in [0.4, 0.5) is 0 Å². The van der Waals surface area contributed by atoms with Crippen LogP contribution in [0.3, 0.4) is 0 Å². The van der Waals surface area contributed by atoms with Crippen molar-refractivity contribution in [3.8, 4) is 0 Å². The Hall–Kier alpha value is -1.41. The van der Waals surface area contributed by atoms with Gasteiger partial charge in [0.1, 0.15) is 0 Å². The molecule has 0 aliphatic rings. The average Bonchev–Trinajstić information content (AvgIpc) is 2.28. The topological polar surface area (TPSA) is 33.1 Å². The van der Waals surface area contributed by atoms with E-state index in [9.17, 15) is 5.11 Å². The Kier molecular flexibility index (Phi) is 2.92. The molecule has 0 amide bonds. The molecule has 84 valence electrons. The maximum absolute atomic E-state index is 10.3. The van der Waals surface area contributed by atoms with Gasteiger partial charge in [0.2, 0.25) is 0 Å². The maximum atomic E-state index is 10.3. The van der Waals surface area contributed by atoms with E-state index in [4.69, 9.17) is 0 Å². The molecule has 1 unspecified atom stereocenters. The molecule has 0 fully saturated rings. The van der Waals surface area contributed by atoms with Crippen molar-refractivity contribution in [1.29, 1.82) is 0 Å². The van der Waals surface area contributed by atoms with E-state index in [1.165, 1.54) is 0 Å². The van der Waals surface area contributed by atoms with Crippen molar-refractivity contribution in [2.75, 3.05) is 0 Å². The summed E-state index contributed by atoms with van der Waals surface area (Å²) in [6, 6.07) is 9.90. The summed E-state index contributed by atoms with van der Waals surface area (Å²) >= 11 is 0. The third-order valence-corrected chi connectivity index (χ3v) is 2.96. The van der Waals surface area contributed by atoms with Gasteiger partial charge in [-0.25, -0.2) is 0 Å². The summed E-state index contributed by atoms with van der Waals surface area (Å²) in [5.74, 6) is 0. The van der Waals surface area contributed by atoms with Gasteiger partial charge in [-0.15, -0.1) is 0 Å². The summed E-state index contributed by atoms with van der Waals surface area (Å²) in [6.45, 7) is 3.95. The van der Waals surface area contributed by atoms with Gasteiger partial charge in [0.05, 0.1) is 11.1 Å². The molecule has 0 radical (unpaired) electrons. The lowest BCUT2D eigenvalue weighted by Gasteiger charge is -2.23. The molecule has 0 aliphatic heterocycles. The SMILES string of the molecule is CCCC(C)(O)c1ccc2ncccc2c1. The van der Waals surface area contributed by atoms with Gasteiger partial charge >= 0.3 is 0 Å². The Morgan fingerprint density at radius 3 is 2.88 bits per heavy atom. The van der Waals surface area contributed by atoms with E-state index in [0.29, 0.717) is 0 Å². The Bertz CT molecular complexity index is 491. The van der Waals surface area contributed by atoms with Crippen LogP contribution in [0, 0.1) is 0 Å². The van der Waals surface area contributed by atoms with Crippen LogP contribution in [0.1, 0.15) is 32.3 Å². The first-order valence-corrected chi connectivity index (χ1v) is 5.71. The molecule has 1 heterocycles. The van der Waals surface area contributed by atoms with Gasteiger partial charge in [-0.05, 0) is 37.1 Å². The van der Waals surface area contributed by atoms with Gasteiger partial charge in [0, 0.05) is 11.6 Å². The zero-order chi connectivity index (χ0) is 11.6. The van der Waals surface area contributed by atoms with Crippen molar-refractivity contribution in [3.05, 3.63) is 42.1 Å². The monoisotopic (exact) mass is 215 g/mol. The first kappa shape index (κ1) is 11.1. The predicted octanol–water partition coefficient (Wildman–Crippen LogP) is 3.24. The summed E-state index contributed by atoms with van der Waals surface area (Å²) in [4.78, 5) is 4.27. The second-order valence-electron chi connectivity index (χ2n) is 4.43. The van der Waals surface area contributed by atoms with E-state index >= 15 is 0 Å². The van der Waals surface area contributed by atoms with Crippen LogP contribution in [0.25, 0.3) is 10.9 Å². The summed E-state index contributed by atoms with van der Waals surface area (Å²) in [6.07, 6.45) is 3.53. The number of hydrogen-bond acceptors (Lipinski definition) is 2. The van der Waals surface area contributed by atoms with E-state index in [1.807, 2.05) is 37.3 Å². The minimum atomic E-state index is -0.737. The molecule has 2 heteroatoms. The van der Waals surface area contributed by atoms with Gasteiger partial charge in [-0.1, -0.05) is 25.5 Å². The quantitative estimate of drug-likeness (QED) is 0.852. The minimum Gasteiger partial charge on any atom is -0.385 e. The summed E-state index contributed by atoms with van der Waals surface area (Å²) in [5, 5.41) is 11.4. The standard InChI is InChI=1S/C14H17NO/c1-3-8-14(2,16)12-6-7-13-11(10-12)5-4-9-15-13/h4-7,9-10,16H,3,8H2,1-2H3. The molecule has 0 spiro atoms. The van der Waals surface area contributed by atoms with Gasteiger partial charge < -0.3 is 5.11 Å². The van der Waals surface area contributed by atoms with Crippen molar-refractivity contribution >= 4 is 10.9 Å². The van der Waals surface area contributed by atoms with Crippen LogP contribution in [-0.2, 0) is 5.60 Å². The highest BCUT2D eigenvalue weighted by atomic mass is 16.3. The van der Waals surface area contributed by atoms with Crippen LogP contribution < -0.4 is 0 Å². The van der Waals surface area contributed by atoms with Crippen LogP contribution in [0.15, 0.2) is 36.5 Å². The normalized spacial score (nSPS) is 14.9. The Labute approximate surface area is 96.0 Å². The van der Waals surface area contributed by atoms with Crippen molar-refractivity contribution in [2.45, 2.75) is 32.3 Å². The van der Waals surface area contributed by atoms with Crippen LogP contribution in [0.2, 0.25) is 0 Å². The van der Waals surface area contributed by atoms with Gasteiger partial charge in [-0.2, -0.15) is 0 Å². The number of aliphatic hydroxyl groups is 1. The molecule has 0 aliphatic carbocycles. The number of rotatable bonds is 3. The number of nitrogens with zero attached hydrogens (tertiary/aromatic N) is 1. The molecule has 1 aromatic heterocycles. The first-order chi connectivity index (χ1) is 7.63. The molecule has 16 heavy (non-hydrogen) atoms. The van der Waals surface area contributed by atoms with Crippen molar-refractivity contribution in [3.63, 3.8) is 0 Å². The predicted molar refractivity (Wildman–Crippen MR) is 66.2 cm³/mol. The highest BCUT2D eigenvalue weighted by Crippen LogP contribution is 2.27. The van der Waals surface area contributed by atoms with Gasteiger partial charge in [0.25, 0.3) is 0 Å². The number of hydrogen-bond donors (Lipinski definition) is 1. The second kappa shape index (κ2) is 4.22. The summed E-state index contributed by atoms with van der Waals surface area (Å²) < 4.78 is 0. The highest BCUT2D eigenvalue weighted by Gasteiger charge is 2.21. The smallest absolute Gasteiger partial charge is 0.0868 e. The minimum absolute atomic E-state index is 0.737. The number of pyridine rings is 1. The molecule has 1 aromatic carbocycles. The fraction of sp³-hybridized carbons (Fsp3) is 0.357. The van der Waals surface area contributed by atoms with Crippen molar-refractivity contribution in [2.24, 2.45) is 0 Å². The van der Waals surface area contributed by atoms with Crippen LogP contribution >= 0.6 is 0 Å². The van der Waals surface area contributed by atoms with E-state index in [-0.39, 0.29) is 0 Å². The molecule has 2 rings (SSSR count). The average molecular weight is 215 g/mol. The molecule has 2 nitrogen and oxygen atoms in total. The van der Waals surface area contributed by atoms with E-state index in [2.05, 4.69) is 11.9 Å². The van der Waals surface area contributed by atoms with Gasteiger partial charge in [-0.3, -0.25) is 4.98 Å². The largest absolute Gasteiger partial charge is 0.385 e. The number of fused-ring (bicyclic) bond motifs is 1. The van der Waals surface area contributed by atoms with Crippen LogP contribution in [-0.4, -0.2) is 10.1 Å². The summed E-state index contributed by atoms with van der Waals surface area (Å²) in [7, 11) is 0. The first-order valence-electron chi connectivity index (χ1n) is 5.71. The van der Waals surface area contributed by atoms with Crippen molar-refractivity contribution in [1.82, 2.24) is 4.98 Å². The lowest BCUT2D eigenvalue weighted by molar-refractivity contribution is 0.0471. The zero-order valence-electron chi connectivity index (χ0n) is 9.77. The summed E-state index contributed by atoms with van der Waals surface area (Å²) in [5.41, 5.74) is 1.20. The van der Waals surface area contributed by atoms with E-state index in [0.717, 1.165) is 29.3 Å². The number of aromatic nitrogens is 1. The third kappa shape index (κ3) is 2.07. The second-order valence-corrected chi connectivity index (χ2v) is 4.43.